The van der Waals surface area contributed by atoms with E-state index in [4.69, 9.17) is 10.0 Å². The first-order valence-corrected chi connectivity index (χ1v) is 7.65. The molecule has 3 N–H and O–H groups in total. The SMILES string of the molecule is O=C1C=Cc2ccc(Nc3ccc(B(O)O)cc3)c3cccc1c23. The molecule has 1 aliphatic carbocycles. The second-order valence-electron chi connectivity index (χ2n) is 5.75. The quantitative estimate of drug-likeness (QED) is 0.650. The first kappa shape index (κ1) is 14.7. The fourth-order valence-corrected chi connectivity index (χ4v) is 3.04. The number of nitrogens with one attached hydrogen (secondary N) is 1. The zero-order valence-corrected chi connectivity index (χ0v) is 12.7. The molecule has 0 spiro atoms. The molecule has 24 heavy (non-hydrogen) atoms. The summed E-state index contributed by atoms with van der Waals surface area (Å²) in [4.78, 5) is 12.1. The van der Waals surface area contributed by atoms with Crippen molar-refractivity contribution < 1.29 is 14.8 Å². The third-order valence-corrected chi connectivity index (χ3v) is 4.24. The maximum Gasteiger partial charge on any atom is 0.488 e. The largest absolute Gasteiger partial charge is 0.488 e. The Kier molecular flexibility index (Phi) is 3.45. The van der Waals surface area contributed by atoms with Crippen LogP contribution in [-0.2, 0) is 0 Å². The van der Waals surface area contributed by atoms with Crippen LogP contribution in [0.3, 0.4) is 0 Å². The first-order valence-electron chi connectivity index (χ1n) is 7.65. The van der Waals surface area contributed by atoms with Crippen molar-refractivity contribution in [2.24, 2.45) is 0 Å². The molecule has 0 heterocycles. The Morgan fingerprint density at radius 1 is 0.875 bits per heavy atom. The van der Waals surface area contributed by atoms with Crippen molar-refractivity contribution in [1.82, 2.24) is 0 Å². The Bertz CT molecular complexity index is 978. The number of carbonyl (C=O) groups excluding carboxylic acids is 1. The second kappa shape index (κ2) is 5.63. The molecule has 0 saturated carbocycles. The van der Waals surface area contributed by atoms with Gasteiger partial charge in [-0.3, -0.25) is 4.79 Å². The minimum absolute atomic E-state index is 0.0199. The molecular formula is C19H14BNO3. The lowest BCUT2D eigenvalue weighted by Gasteiger charge is -2.16. The van der Waals surface area contributed by atoms with Crippen LogP contribution in [0.25, 0.3) is 16.8 Å². The van der Waals surface area contributed by atoms with Gasteiger partial charge in [0.1, 0.15) is 0 Å². The number of anilines is 2. The molecule has 0 unspecified atom stereocenters. The van der Waals surface area contributed by atoms with Crippen LogP contribution in [0.2, 0.25) is 0 Å². The van der Waals surface area contributed by atoms with Gasteiger partial charge in [-0.25, -0.2) is 0 Å². The summed E-state index contributed by atoms with van der Waals surface area (Å²) in [5, 5.41) is 23.6. The van der Waals surface area contributed by atoms with E-state index < -0.39 is 7.12 Å². The summed E-state index contributed by atoms with van der Waals surface area (Å²) in [7, 11) is -1.47. The predicted molar refractivity (Wildman–Crippen MR) is 96.9 cm³/mol. The molecule has 5 heteroatoms. The van der Waals surface area contributed by atoms with Crippen molar-refractivity contribution >= 4 is 46.6 Å². The van der Waals surface area contributed by atoms with E-state index in [0.717, 1.165) is 27.7 Å². The normalized spacial score (nSPS) is 12.5. The summed E-state index contributed by atoms with van der Waals surface area (Å²) in [6.07, 6.45) is 3.45. The number of allylic oxidation sites excluding steroid dienone is 1. The van der Waals surface area contributed by atoms with Crippen molar-refractivity contribution in [2.75, 3.05) is 5.32 Å². The Labute approximate surface area is 139 Å². The van der Waals surface area contributed by atoms with Gasteiger partial charge in [0.15, 0.2) is 5.78 Å². The molecule has 3 aromatic rings. The number of hydrogen-bond acceptors (Lipinski definition) is 4. The van der Waals surface area contributed by atoms with Crippen molar-refractivity contribution in [3.63, 3.8) is 0 Å². The van der Waals surface area contributed by atoms with Gasteiger partial charge >= 0.3 is 7.12 Å². The molecule has 1 aliphatic rings. The first-order chi connectivity index (χ1) is 11.6. The highest BCUT2D eigenvalue weighted by atomic mass is 16.4. The Hall–Kier alpha value is -2.89. The van der Waals surface area contributed by atoms with Crippen molar-refractivity contribution in [1.29, 1.82) is 0 Å². The molecule has 0 fully saturated rings. The lowest BCUT2D eigenvalue weighted by molar-refractivity contribution is 0.104. The fraction of sp³-hybridized carbons (Fsp3) is 0. The summed E-state index contributed by atoms with van der Waals surface area (Å²) < 4.78 is 0. The third-order valence-electron chi connectivity index (χ3n) is 4.24. The van der Waals surface area contributed by atoms with Crippen LogP contribution >= 0.6 is 0 Å². The number of rotatable bonds is 3. The summed E-state index contributed by atoms with van der Waals surface area (Å²) in [6.45, 7) is 0. The van der Waals surface area contributed by atoms with Crippen LogP contribution in [0, 0.1) is 0 Å². The average Bonchev–Trinajstić information content (AvgIpc) is 2.60. The van der Waals surface area contributed by atoms with Crippen molar-refractivity contribution in [3.05, 3.63) is 71.8 Å². The molecular weight excluding hydrogens is 301 g/mol. The van der Waals surface area contributed by atoms with Crippen LogP contribution in [0.1, 0.15) is 15.9 Å². The van der Waals surface area contributed by atoms with E-state index in [9.17, 15) is 4.79 Å². The maximum atomic E-state index is 12.1. The Morgan fingerprint density at radius 3 is 2.42 bits per heavy atom. The molecule has 0 aliphatic heterocycles. The van der Waals surface area contributed by atoms with E-state index >= 15 is 0 Å². The molecule has 4 nitrogen and oxygen atoms in total. The van der Waals surface area contributed by atoms with Crippen molar-refractivity contribution in [3.8, 4) is 0 Å². The molecule has 0 amide bonds. The number of carbonyl (C=O) groups is 1. The van der Waals surface area contributed by atoms with Gasteiger partial charge in [-0.15, -0.1) is 0 Å². The van der Waals surface area contributed by atoms with Crippen LogP contribution in [0.4, 0.5) is 11.4 Å². The van der Waals surface area contributed by atoms with Crippen LogP contribution < -0.4 is 10.8 Å². The molecule has 0 aromatic heterocycles. The van der Waals surface area contributed by atoms with Gasteiger partial charge in [0.2, 0.25) is 0 Å². The van der Waals surface area contributed by atoms with E-state index in [1.165, 1.54) is 0 Å². The highest BCUT2D eigenvalue weighted by Gasteiger charge is 2.16. The maximum absolute atomic E-state index is 12.1. The molecule has 0 bridgehead atoms. The lowest BCUT2D eigenvalue weighted by atomic mass is 9.80. The molecule has 0 radical (unpaired) electrons. The number of ketones is 1. The van der Waals surface area contributed by atoms with Crippen LogP contribution in [0.5, 0.6) is 0 Å². The van der Waals surface area contributed by atoms with E-state index in [-0.39, 0.29) is 5.78 Å². The summed E-state index contributed by atoms with van der Waals surface area (Å²) in [5.41, 5.74) is 3.92. The second-order valence-corrected chi connectivity index (χ2v) is 5.75. The van der Waals surface area contributed by atoms with Gasteiger partial charge in [-0.05, 0) is 35.3 Å². The molecule has 3 aromatic carbocycles. The highest BCUT2D eigenvalue weighted by Crippen LogP contribution is 2.34. The summed E-state index contributed by atoms with van der Waals surface area (Å²) in [5.74, 6) is 0.0199. The van der Waals surface area contributed by atoms with Gasteiger partial charge in [0.05, 0.1) is 0 Å². The van der Waals surface area contributed by atoms with Gasteiger partial charge < -0.3 is 15.4 Å². The summed E-state index contributed by atoms with van der Waals surface area (Å²) in [6, 6.07) is 16.6. The van der Waals surface area contributed by atoms with E-state index in [2.05, 4.69) is 5.32 Å². The molecule has 4 rings (SSSR count). The number of benzene rings is 3. The average molecular weight is 315 g/mol. The van der Waals surface area contributed by atoms with E-state index in [0.29, 0.717) is 11.0 Å². The van der Waals surface area contributed by atoms with Gasteiger partial charge in [-0.2, -0.15) is 0 Å². The van der Waals surface area contributed by atoms with Crippen LogP contribution in [0.15, 0.2) is 60.7 Å². The van der Waals surface area contributed by atoms with Gasteiger partial charge in [0.25, 0.3) is 0 Å². The van der Waals surface area contributed by atoms with Gasteiger partial charge in [0, 0.05) is 27.7 Å². The third kappa shape index (κ3) is 2.40. The standard InChI is InChI=1S/C19H14BNO3/c22-18-11-5-12-4-10-17(15-2-1-3-16(18)19(12)15)21-14-8-6-13(7-9-14)20(23)24/h1-11,21,23-24H. The van der Waals surface area contributed by atoms with Gasteiger partial charge in [-0.1, -0.05) is 42.5 Å². The topological polar surface area (TPSA) is 69.6 Å². The molecule has 0 atom stereocenters. The lowest BCUT2D eigenvalue weighted by Crippen LogP contribution is -2.29. The zero-order valence-electron chi connectivity index (χ0n) is 12.7. The smallest absolute Gasteiger partial charge is 0.423 e. The Balaban J connectivity index is 1.78. The van der Waals surface area contributed by atoms with E-state index in [1.807, 2.05) is 36.4 Å². The minimum atomic E-state index is -1.47. The monoisotopic (exact) mass is 315 g/mol. The van der Waals surface area contributed by atoms with Crippen LogP contribution in [-0.4, -0.2) is 22.9 Å². The predicted octanol–water partition coefficient (Wildman–Crippen LogP) is 2.47. The fourth-order valence-electron chi connectivity index (χ4n) is 3.04. The summed E-state index contributed by atoms with van der Waals surface area (Å²) >= 11 is 0. The minimum Gasteiger partial charge on any atom is -0.423 e. The zero-order chi connectivity index (χ0) is 16.7. The Morgan fingerprint density at radius 2 is 1.67 bits per heavy atom. The molecule has 0 saturated heterocycles. The van der Waals surface area contributed by atoms with E-state index in [1.54, 1.807) is 30.3 Å². The molecule has 116 valence electrons. The highest BCUT2D eigenvalue weighted by molar-refractivity contribution is 6.58. The number of hydrogen-bond donors (Lipinski definition) is 3. The van der Waals surface area contributed by atoms with Crippen molar-refractivity contribution in [2.45, 2.75) is 0 Å².